The number of anilines is 1. The largest absolute Gasteiger partial charge is 0.367 e. The highest BCUT2D eigenvalue weighted by atomic mass is 79.9. The van der Waals surface area contributed by atoms with E-state index in [0.717, 1.165) is 28.7 Å². The van der Waals surface area contributed by atoms with E-state index in [1.807, 2.05) is 12.1 Å². The molecule has 16 heavy (non-hydrogen) atoms. The van der Waals surface area contributed by atoms with E-state index < -0.39 is 0 Å². The zero-order chi connectivity index (χ0) is 11.5. The molecule has 1 unspecified atom stereocenters. The number of hydrogen-bond acceptors (Lipinski definition) is 2. The van der Waals surface area contributed by atoms with Crippen LogP contribution in [-0.2, 0) is 0 Å². The lowest BCUT2D eigenvalue weighted by molar-refractivity contribution is 0.645. The summed E-state index contributed by atoms with van der Waals surface area (Å²) in [6.45, 7) is 3.29. The summed E-state index contributed by atoms with van der Waals surface area (Å²) in [5.74, 6) is 0. The Morgan fingerprint density at radius 1 is 1.56 bits per heavy atom. The van der Waals surface area contributed by atoms with Crippen LogP contribution in [0.15, 0.2) is 22.7 Å². The van der Waals surface area contributed by atoms with Gasteiger partial charge in [-0.3, -0.25) is 0 Å². The smallest absolute Gasteiger partial charge is 0.101 e. The zero-order valence-corrected chi connectivity index (χ0v) is 11.0. The molecule has 1 fully saturated rings. The molecule has 2 rings (SSSR count). The lowest BCUT2D eigenvalue weighted by atomic mass is 10.1. The molecule has 1 saturated heterocycles. The van der Waals surface area contributed by atoms with E-state index in [0.29, 0.717) is 6.04 Å². The lowest BCUT2D eigenvalue weighted by Gasteiger charge is -2.26. The summed E-state index contributed by atoms with van der Waals surface area (Å²) >= 11 is 3.48. The lowest BCUT2D eigenvalue weighted by Crippen LogP contribution is -2.29. The van der Waals surface area contributed by atoms with Crippen molar-refractivity contribution in [2.45, 2.75) is 32.2 Å². The van der Waals surface area contributed by atoms with E-state index in [-0.39, 0.29) is 0 Å². The first-order valence-electron chi connectivity index (χ1n) is 5.72. The zero-order valence-electron chi connectivity index (χ0n) is 9.41. The quantitative estimate of drug-likeness (QED) is 0.825. The molecule has 0 aliphatic carbocycles. The van der Waals surface area contributed by atoms with Crippen LogP contribution in [0.1, 0.15) is 31.7 Å². The summed E-state index contributed by atoms with van der Waals surface area (Å²) in [6.07, 6.45) is 3.63. The third-order valence-corrected chi connectivity index (χ3v) is 3.73. The predicted molar refractivity (Wildman–Crippen MR) is 69.5 cm³/mol. The first kappa shape index (κ1) is 11.5. The van der Waals surface area contributed by atoms with E-state index in [1.54, 1.807) is 0 Å². The fourth-order valence-electron chi connectivity index (χ4n) is 2.41. The molecule has 0 N–H and O–H groups in total. The van der Waals surface area contributed by atoms with Crippen LogP contribution < -0.4 is 4.90 Å². The maximum Gasteiger partial charge on any atom is 0.101 e. The van der Waals surface area contributed by atoms with E-state index in [1.165, 1.54) is 12.8 Å². The van der Waals surface area contributed by atoms with Crippen LogP contribution in [0, 0.1) is 11.3 Å². The van der Waals surface area contributed by atoms with Gasteiger partial charge in [0.25, 0.3) is 0 Å². The molecule has 1 aliphatic rings. The van der Waals surface area contributed by atoms with Gasteiger partial charge in [-0.25, -0.2) is 0 Å². The van der Waals surface area contributed by atoms with Crippen LogP contribution in [0.5, 0.6) is 0 Å². The molecule has 1 atom stereocenters. The van der Waals surface area contributed by atoms with Crippen LogP contribution in [0.25, 0.3) is 0 Å². The summed E-state index contributed by atoms with van der Waals surface area (Å²) in [6, 6.07) is 8.77. The second kappa shape index (κ2) is 4.88. The Hall–Kier alpha value is -1.01. The van der Waals surface area contributed by atoms with Gasteiger partial charge in [0.1, 0.15) is 6.07 Å². The molecule has 3 heteroatoms. The van der Waals surface area contributed by atoms with Crippen LogP contribution in [0.3, 0.4) is 0 Å². The van der Waals surface area contributed by atoms with E-state index in [2.05, 4.69) is 39.9 Å². The minimum Gasteiger partial charge on any atom is -0.367 e. The Morgan fingerprint density at radius 3 is 3.06 bits per heavy atom. The monoisotopic (exact) mass is 278 g/mol. The molecule has 1 aromatic rings. The average Bonchev–Trinajstić information content (AvgIpc) is 2.76. The Bertz CT molecular complexity index is 422. The SMILES string of the molecule is CCC1CCCN1c1cc(Br)ccc1C#N. The molecule has 0 aromatic heterocycles. The van der Waals surface area contributed by atoms with Gasteiger partial charge in [-0.2, -0.15) is 5.26 Å². The van der Waals surface area contributed by atoms with Crippen molar-refractivity contribution >= 4 is 21.6 Å². The number of halogens is 1. The summed E-state index contributed by atoms with van der Waals surface area (Å²) < 4.78 is 1.04. The molecule has 1 heterocycles. The summed E-state index contributed by atoms with van der Waals surface area (Å²) in [5, 5.41) is 9.14. The molecule has 0 spiro atoms. The van der Waals surface area contributed by atoms with Crippen molar-refractivity contribution in [1.82, 2.24) is 0 Å². The van der Waals surface area contributed by atoms with Gasteiger partial charge < -0.3 is 4.90 Å². The molecule has 0 saturated carbocycles. The third-order valence-electron chi connectivity index (χ3n) is 3.24. The van der Waals surface area contributed by atoms with E-state index >= 15 is 0 Å². The van der Waals surface area contributed by atoms with E-state index in [4.69, 9.17) is 5.26 Å². The van der Waals surface area contributed by atoms with Gasteiger partial charge in [-0.05, 0) is 37.5 Å². The summed E-state index contributed by atoms with van der Waals surface area (Å²) in [5.41, 5.74) is 1.87. The van der Waals surface area contributed by atoms with Crippen molar-refractivity contribution in [1.29, 1.82) is 5.26 Å². The van der Waals surface area contributed by atoms with Gasteiger partial charge in [0.2, 0.25) is 0 Å². The van der Waals surface area contributed by atoms with Crippen molar-refractivity contribution in [3.8, 4) is 6.07 Å². The van der Waals surface area contributed by atoms with Crippen LogP contribution >= 0.6 is 15.9 Å². The van der Waals surface area contributed by atoms with Crippen molar-refractivity contribution in [2.75, 3.05) is 11.4 Å². The fraction of sp³-hybridized carbons (Fsp3) is 0.462. The van der Waals surface area contributed by atoms with Crippen molar-refractivity contribution < 1.29 is 0 Å². The minimum absolute atomic E-state index is 0.599. The molecule has 0 radical (unpaired) electrons. The van der Waals surface area contributed by atoms with Crippen LogP contribution in [-0.4, -0.2) is 12.6 Å². The first-order chi connectivity index (χ1) is 7.76. The topological polar surface area (TPSA) is 27.0 Å². The highest BCUT2D eigenvalue weighted by Gasteiger charge is 2.24. The second-order valence-corrected chi connectivity index (χ2v) is 5.09. The fourth-order valence-corrected chi connectivity index (χ4v) is 2.76. The highest BCUT2D eigenvalue weighted by molar-refractivity contribution is 9.10. The standard InChI is InChI=1S/C13H15BrN2/c1-2-12-4-3-7-16(12)13-8-11(14)6-5-10(13)9-15/h5-6,8,12H,2-4,7H2,1H3. The number of benzene rings is 1. The molecule has 84 valence electrons. The summed E-state index contributed by atoms with van der Waals surface area (Å²) in [4.78, 5) is 2.38. The summed E-state index contributed by atoms with van der Waals surface area (Å²) in [7, 11) is 0. The van der Waals surface area contributed by atoms with Gasteiger partial charge in [-0.15, -0.1) is 0 Å². The Kier molecular flexibility index (Phi) is 3.50. The molecule has 0 bridgehead atoms. The van der Waals surface area contributed by atoms with Gasteiger partial charge in [0.05, 0.1) is 11.3 Å². The van der Waals surface area contributed by atoms with Crippen LogP contribution in [0.4, 0.5) is 5.69 Å². The first-order valence-corrected chi connectivity index (χ1v) is 6.52. The minimum atomic E-state index is 0.599. The predicted octanol–water partition coefficient (Wildman–Crippen LogP) is 3.70. The van der Waals surface area contributed by atoms with Crippen LogP contribution in [0.2, 0.25) is 0 Å². The van der Waals surface area contributed by atoms with Crippen molar-refractivity contribution in [3.63, 3.8) is 0 Å². The van der Waals surface area contributed by atoms with Gasteiger partial charge >= 0.3 is 0 Å². The van der Waals surface area contributed by atoms with Gasteiger partial charge in [0.15, 0.2) is 0 Å². The maximum absolute atomic E-state index is 9.14. The highest BCUT2D eigenvalue weighted by Crippen LogP contribution is 2.31. The molecule has 1 aromatic carbocycles. The molecular formula is C13H15BrN2. The van der Waals surface area contributed by atoms with Gasteiger partial charge in [-0.1, -0.05) is 22.9 Å². The molecule has 0 amide bonds. The Labute approximate surface area is 105 Å². The van der Waals surface area contributed by atoms with E-state index in [9.17, 15) is 0 Å². The molecule has 2 nitrogen and oxygen atoms in total. The molecule has 1 aliphatic heterocycles. The number of hydrogen-bond donors (Lipinski definition) is 0. The number of nitriles is 1. The number of rotatable bonds is 2. The van der Waals surface area contributed by atoms with Crippen molar-refractivity contribution in [2.24, 2.45) is 0 Å². The Morgan fingerprint density at radius 2 is 2.38 bits per heavy atom. The third kappa shape index (κ3) is 2.08. The maximum atomic E-state index is 9.14. The average molecular weight is 279 g/mol. The second-order valence-electron chi connectivity index (χ2n) is 4.17. The number of nitrogens with zero attached hydrogens (tertiary/aromatic N) is 2. The van der Waals surface area contributed by atoms with Crippen molar-refractivity contribution in [3.05, 3.63) is 28.2 Å². The Balaban J connectivity index is 2.39. The molecular weight excluding hydrogens is 264 g/mol. The normalized spacial score (nSPS) is 19.8. The van der Waals surface area contributed by atoms with Gasteiger partial charge in [0, 0.05) is 17.1 Å².